The zero-order chi connectivity index (χ0) is 10.2. The van der Waals surface area contributed by atoms with Crippen LogP contribution in [0.4, 0.5) is 8.78 Å². The number of hydrogen-bond acceptors (Lipinski definition) is 3. The van der Waals surface area contributed by atoms with Crippen molar-refractivity contribution in [2.24, 2.45) is 0 Å². The van der Waals surface area contributed by atoms with Gasteiger partial charge in [-0.05, 0) is 6.42 Å². The number of hydrogen-bond donors (Lipinski definition) is 1. The molecule has 0 aliphatic carbocycles. The van der Waals surface area contributed by atoms with Crippen molar-refractivity contribution in [3.05, 3.63) is 0 Å². The SMILES string of the molecule is FC(F)COCCCN1CCNCC1. The van der Waals surface area contributed by atoms with Crippen LogP contribution in [-0.2, 0) is 4.74 Å². The number of rotatable bonds is 6. The lowest BCUT2D eigenvalue weighted by atomic mass is 10.3. The van der Waals surface area contributed by atoms with E-state index in [1.807, 2.05) is 0 Å². The molecule has 1 N–H and O–H groups in total. The van der Waals surface area contributed by atoms with Gasteiger partial charge < -0.3 is 15.0 Å². The lowest BCUT2D eigenvalue weighted by Crippen LogP contribution is -2.43. The summed E-state index contributed by atoms with van der Waals surface area (Å²) in [7, 11) is 0. The molecule has 0 aromatic rings. The van der Waals surface area contributed by atoms with E-state index in [1.165, 1.54) is 0 Å². The molecule has 1 fully saturated rings. The molecular formula is C9H18F2N2O. The summed E-state index contributed by atoms with van der Waals surface area (Å²) in [4.78, 5) is 2.32. The Hall–Kier alpha value is -0.260. The molecule has 1 aliphatic heterocycles. The van der Waals surface area contributed by atoms with Gasteiger partial charge in [-0.25, -0.2) is 8.78 Å². The van der Waals surface area contributed by atoms with E-state index in [4.69, 9.17) is 4.74 Å². The molecule has 0 bridgehead atoms. The van der Waals surface area contributed by atoms with Crippen molar-refractivity contribution in [2.45, 2.75) is 12.8 Å². The molecule has 1 heterocycles. The largest absolute Gasteiger partial charge is 0.375 e. The van der Waals surface area contributed by atoms with E-state index in [9.17, 15) is 8.78 Å². The molecule has 5 heteroatoms. The van der Waals surface area contributed by atoms with Gasteiger partial charge in [-0.3, -0.25) is 0 Å². The van der Waals surface area contributed by atoms with Crippen LogP contribution in [0.1, 0.15) is 6.42 Å². The Morgan fingerprint density at radius 3 is 2.64 bits per heavy atom. The minimum Gasteiger partial charge on any atom is -0.375 e. The summed E-state index contributed by atoms with van der Waals surface area (Å²) in [6, 6.07) is 0. The second-order valence-electron chi connectivity index (χ2n) is 3.41. The van der Waals surface area contributed by atoms with Gasteiger partial charge in [0.25, 0.3) is 6.43 Å². The molecule has 3 nitrogen and oxygen atoms in total. The maximum atomic E-state index is 11.7. The zero-order valence-corrected chi connectivity index (χ0v) is 8.35. The van der Waals surface area contributed by atoms with Crippen LogP contribution in [0.5, 0.6) is 0 Å². The van der Waals surface area contributed by atoms with Crippen molar-refractivity contribution in [1.29, 1.82) is 0 Å². The van der Waals surface area contributed by atoms with Crippen LogP contribution in [-0.4, -0.2) is 57.3 Å². The number of ether oxygens (including phenoxy) is 1. The Morgan fingerprint density at radius 2 is 2.00 bits per heavy atom. The van der Waals surface area contributed by atoms with Gasteiger partial charge in [-0.2, -0.15) is 0 Å². The summed E-state index contributed by atoms with van der Waals surface area (Å²) < 4.78 is 28.1. The van der Waals surface area contributed by atoms with Gasteiger partial charge in [0.15, 0.2) is 0 Å². The molecular weight excluding hydrogens is 190 g/mol. The smallest absolute Gasteiger partial charge is 0.261 e. The van der Waals surface area contributed by atoms with E-state index >= 15 is 0 Å². The first-order valence-corrected chi connectivity index (χ1v) is 5.08. The first-order chi connectivity index (χ1) is 6.79. The van der Waals surface area contributed by atoms with Crippen LogP contribution in [0, 0.1) is 0 Å². The molecule has 0 aromatic carbocycles. The third-order valence-electron chi connectivity index (χ3n) is 2.22. The summed E-state index contributed by atoms with van der Waals surface area (Å²) in [5, 5.41) is 3.26. The number of alkyl halides is 2. The van der Waals surface area contributed by atoms with E-state index in [2.05, 4.69) is 10.2 Å². The average molecular weight is 208 g/mol. The third kappa shape index (κ3) is 5.47. The Morgan fingerprint density at radius 1 is 1.29 bits per heavy atom. The highest BCUT2D eigenvalue weighted by molar-refractivity contribution is 4.66. The molecule has 0 amide bonds. The van der Waals surface area contributed by atoms with Crippen molar-refractivity contribution in [3.63, 3.8) is 0 Å². The van der Waals surface area contributed by atoms with Crippen LogP contribution in [0.15, 0.2) is 0 Å². The highest BCUT2D eigenvalue weighted by Crippen LogP contribution is 1.97. The number of nitrogens with zero attached hydrogens (tertiary/aromatic N) is 1. The lowest BCUT2D eigenvalue weighted by Gasteiger charge is -2.26. The molecule has 1 rings (SSSR count). The van der Waals surface area contributed by atoms with E-state index in [0.29, 0.717) is 6.61 Å². The van der Waals surface area contributed by atoms with Crippen molar-refractivity contribution in [3.8, 4) is 0 Å². The summed E-state index contributed by atoms with van der Waals surface area (Å²) in [5.74, 6) is 0. The molecule has 0 spiro atoms. The van der Waals surface area contributed by atoms with Crippen LogP contribution in [0.2, 0.25) is 0 Å². The fourth-order valence-electron chi connectivity index (χ4n) is 1.50. The highest BCUT2D eigenvalue weighted by atomic mass is 19.3. The zero-order valence-electron chi connectivity index (χ0n) is 8.35. The first kappa shape index (κ1) is 11.8. The van der Waals surface area contributed by atoms with Gasteiger partial charge in [-0.15, -0.1) is 0 Å². The van der Waals surface area contributed by atoms with Gasteiger partial charge in [0.1, 0.15) is 6.61 Å². The van der Waals surface area contributed by atoms with Gasteiger partial charge in [0.2, 0.25) is 0 Å². The quantitative estimate of drug-likeness (QED) is 0.646. The van der Waals surface area contributed by atoms with E-state index < -0.39 is 13.0 Å². The number of halogens is 2. The third-order valence-corrected chi connectivity index (χ3v) is 2.22. The molecule has 1 aliphatic rings. The Labute approximate surface area is 83.4 Å². The summed E-state index contributed by atoms with van der Waals surface area (Å²) in [5.41, 5.74) is 0. The molecule has 1 saturated heterocycles. The lowest BCUT2D eigenvalue weighted by molar-refractivity contribution is 0.0142. The van der Waals surface area contributed by atoms with Crippen molar-refractivity contribution < 1.29 is 13.5 Å². The van der Waals surface area contributed by atoms with Gasteiger partial charge in [-0.1, -0.05) is 0 Å². The monoisotopic (exact) mass is 208 g/mol. The maximum Gasteiger partial charge on any atom is 0.261 e. The fourth-order valence-corrected chi connectivity index (χ4v) is 1.50. The first-order valence-electron chi connectivity index (χ1n) is 5.08. The van der Waals surface area contributed by atoms with Crippen LogP contribution < -0.4 is 5.32 Å². The Kier molecular flexibility index (Phi) is 5.98. The second kappa shape index (κ2) is 7.09. The van der Waals surface area contributed by atoms with Crippen molar-refractivity contribution in [1.82, 2.24) is 10.2 Å². The Balaban J connectivity index is 1.87. The van der Waals surface area contributed by atoms with Crippen LogP contribution >= 0.6 is 0 Å². The van der Waals surface area contributed by atoms with E-state index in [1.54, 1.807) is 0 Å². The van der Waals surface area contributed by atoms with Crippen molar-refractivity contribution in [2.75, 3.05) is 45.9 Å². The standard InChI is InChI=1S/C9H18F2N2O/c10-9(11)8-14-7-1-4-13-5-2-12-3-6-13/h9,12H,1-8H2. The summed E-state index contributed by atoms with van der Waals surface area (Å²) >= 11 is 0. The predicted molar refractivity (Wildman–Crippen MR) is 50.7 cm³/mol. The predicted octanol–water partition coefficient (Wildman–Crippen LogP) is 0.563. The van der Waals surface area contributed by atoms with Gasteiger partial charge in [0, 0.05) is 39.3 Å². The van der Waals surface area contributed by atoms with E-state index in [-0.39, 0.29) is 0 Å². The maximum absolute atomic E-state index is 11.7. The summed E-state index contributed by atoms with van der Waals surface area (Å²) in [6.45, 7) is 5.11. The minimum atomic E-state index is -2.34. The molecule has 14 heavy (non-hydrogen) atoms. The molecule has 0 saturated carbocycles. The normalized spacial score (nSPS) is 19.1. The summed E-state index contributed by atoms with van der Waals surface area (Å²) in [6.07, 6.45) is -1.50. The van der Waals surface area contributed by atoms with Gasteiger partial charge in [0.05, 0.1) is 0 Å². The topological polar surface area (TPSA) is 24.5 Å². The number of piperazine rings is 1. The number of nitrogens with one attached hydrogen (secondary N) is 1. The minimum absolute atomic E-state index is 0.429. The molecule has 0 radical (unpaired) electrons. The van der Waals surface area contributed by atoms with Gasteiger partial charge >= 0.3 is 0 Å². The fraction of sp³-hybridized carbons (Fsp3) is 1.00. The molecule has 84 valence electrons. The molecule has 0 unspecified atom stereocenters. The van der Waals surface area contributed by atoms with Crippen LogP contribution in [0.25, 0.3) is 0 Å². The Bertz CT molecular complexity index is 141. The van der Waals surface area contributed by atoms with Crippen LogP contribution in [0.3, 0.4) is 0 Å². The van der Waals surface area contributed by atoms with E-state index in [0.717, 1.165) is 39.1 Å². The average Bonchev–Trinajstić information content (AvgIpc) is 2.18. The highest BCUT2D eigenvalue weighted by Gasteiger charge is 2.08. The molecule has 0 aromatic heterocycles. The van der Waals surface area contributed by atoms with Crippen molar-refractivity contribution >= 4 is 0 Å². The molecule has 0 atom stereocenters. The second-order valence-corrected chi connectivity index (χ2v) is 3.41.